The minimum absolute atomic E-state index is 0.183. The highest BCUT2D eigenvalue weighted by atomic mass is 35.5. The fraction of sp³-hybridized carbons (Fsp3) is 0. The Hall–Kier alpha value is -3.96. The van der Waals surface area contributed by atoms with Gasteiger partial charge in [0, 0.05) is 16.0 Å². The lowest BCUT2D eigenvalue weighted by Gasteiger charge is -2.14. The minimum Gasteiger partial charge on any atom is -0.321 e. The Morgan fingerprint density at radius 2 is 1.45 bits per heavy atom. The number of fused-ring (bicyclic) bond motifs is 2. The number of carbonyl (C=O) groups excluding carboxylic acids is 3. The van der Waals surface area contributed by atoms with Gasteiger partial charge in [0.2, 0.25) is 0 Å². The Morgan fingerprint density at radius 1 is 0.742 bits per heavy atom. The third-order valence-corrected chi connectivity index (χ3v) is 5.62. The molecule has 0 aromatic heterocycles. The molecule has 0 aliphatic carbocycles. The van der Waals surface area contributed by atoms with Crippen molar-refractivity contribution in [1.82, 2.24) is 0 Å². The molecule has 1 heterocycles. The minimum atomic E-state index is -0.469. The van der Waals surface area contributed by atoms with Crippen LogP contribution < -0.4 is 10.2 Å². The molecule has 31 heavy (non-hydrogen) atoms. The Labute approximate surface area is 182 Å². The molecular weight excluding hydrogens is 412 g/mol. The number of hydrogen-bond acceptors (Lipinski definition) is 3. The van der Waals surface area contributed by atoms with Gasteiger partial charge in [-0.25, -0.2) is 4.90 Å². The summed E-state index contributed by atoms with van der Waals surface area (Å²) >= 11 is 6.26. The number of carbonyl (C=O) groups is 3. The van der Waals surface area contributed by atoms with Crippen molar-refractivity contribution in [3.05, 3.63) is 107 Å². The van der Waals surface area contributed by atoms with Crippen LogP contribution >= 0.6 is 11.6 Å². The molecule has 1 aliphatic rings. The van der Waals surface area contributed by atoms with E-state index in [0.29, 0.717) is 27.3 Å². The summed E-state index contributed by atoms with van der Waals surface area (Å²) in [7, 11) is 0. The third kappa shape index (κ3) is 3.07. The number of nitrogens with zero attached hydrogens (tertiary/aromatic N) is 1. The summed E-state index contributed by atoms with van der Waals surface area (Å²) in [6.45, 7) is 0. The van der Waals surface area contributed by atoms with Crippen LogP contribution in [-0.4, -0.2) is 17.7 Å². The standard InChI is InChI=1S/C25H15ClN2O3/c26-20-13-5-9-16-17(20)10-4-11-18(16)23(29)27-21-14-6-12-19-22(21)25(31)28(24(19)30)15-7-2-1-3-8-15/h1-14H,(H,27,29). The van der Waals surface area contributed by atoms with Crippen molar-refractivity contribution in [2.24, 2.45) is 0 Å². The van der Waals surface area contributed by atoms with Gasteiger partial charge in [0.1, 0.15) is 0 Å². The topological polar surface area (TPSA) is 66.5 Å². The van der Waals surface area contributed by atoms with E-state index in [4.69, 9.17) is 11.6 Å². The van der Waals surface area contributed by atoms with Crippen molar-refractivity contribution in [3.63, 3.8) is 0 Å². The van der Waals surface area contributed by atoms with Gasteiger partial charge in [-0.05, 0) is 41.8 Å². The van der Waals surface area contributed by atoms with Crippen LogP contribution in [-0.2, 0) is 0 Å². The smallest absolute Gasteiger partial charge is 0.268 e. The molecule has 5 nitrogen and oxygen atoms in total. The van der Waals surface area contributed by atoms with E-state index < -0.39 is 11.8 Å². The molecule has 0 saturated carbocycles. The van der Waals surface area contributed by atoms with Crippen molar-refractivity contribution < 1.29 is 14.4 Å². The molecule has 0 bridgehead atoms. The lowest BCUT2D eigenvalue weighted by Crippen LogP contribution is -2.29. The maximum atomic E-state index is 13.1. The highest BCUT2D eigenvalue weighted by Crippen LogP contribution is 2.33. The fourth-order valence-electron chi connectivity index (χ4n) is 3.86. The van der Waals surface area contributed by atoms with Crippen molar-refractivity contribution in [3.8, 4) is 0 Å². The molecule has 0 spiro atoms. The molecule has 0 saturated heterocycles. The molecule has 1 aliphatic heterocycles. The van der Waals surface area contributed by atoms with E-state index in [-0.39, 0.29) is 17.0 Å². The van der Waals surface area contributed by atoms with Crippen LogP contribution in [0.3, 0.4) is 0 Å². The molecule has 4 aromatic carbocycles. The summed E-state index contributed by atoms with van der Waals surface area (Å²) in [5.74, 6) is -1.28. The van der Waals surface area contributed by atoms with Crippen molar-refractivity contribution in [2.75, 3.05) is 10.2 Å². The molecule has 0 radical (unpaired) electrons. The zero-order valence-electron chi connectivity index (χ0n) is 16.1. The number of hydrogen-bond donors (Lipinski definition) is 1. The molecular formula is C25H15ClN2O3. The van der Waals surface area contributed by atoms with Crippen LogP contribution in [0.1, 0.15) is 31.1 Å². The molecule has 5 rings (SSSR count). The lowest BCUT2D eigenvalue weighted by molar-refractivity contribution is 0.0926. The first-order chi connectivity index (χ1) is 15.1. The van der Waals surface area contributed by atoms with E-state index in [2.05, 4.69) is 5.32 Å². The zero-order valence-corrected chi connectivity index (χ0v) is 16.9. The average molecular weight is 427 g/mol. The van der Waals surface area contributed by atoms with Crippen LogP contribution in [0.2, 0.25) is 5.02 Å². The second-order valence-electron chi connectivity index (χ2n) is 7.10. The Balaban J connectivity index is 1.54. The van der Waals surface area contributed by atoms with E-state index in [1.54, 1.807) is 66.7 Å². The highest BCUT2D eigenvalue weighted by Gasteiger charge is 2.38. The maximum absolute atomic E-state index is 13.1. The largest absolute Gasteiger partial charge is 0.321 e. The van der Waals surface area contributed by atoms with Crippen LogP contribution in [0.25, 0.3) is 10.8 Å². The quantitative estimate of drug-likeness (QED) is 0.437. The third-order valence-electron chi connectivity index (χ3n) is 5.29. The number of para-hydroxylation sites is 1. The molecule has 150 valence electrons. The summed E-state index contributed by atoms with van der Waals surface area (Å²) < 4.78 is 0. The van der Waals surface area contributed by atoms with Gasteiger partial charge < -0.3 is 5.32 Å². The molecule has 3 amide bonds. The summed E-state index contributed by atoms with van der Waals surface area (Å²) in [6, 6.07) is 24.2. The number of rotatable bonds is 3. The van der Waals surface area contributed by atoms with Crippen molar-refractivity contribution in [2.45, 2.75) is 0 Å². The van der Waals surface area contributed by atoms with Gasteiger partial charge in [-0.1, -0.05) is 60.1 Å². The second kappa shape index (κ2) is 7.38. The highest BCUT2D eigenvalue weighted by molar-refractivity contribution is 6.37. The monoisotopic (exact) mass is 426 g/mol. The summed E-state index contributed by atoms with van der Waals surface area (Å²) in [6.07, 6.45) is 0. The van der Waals surface area contributed by atoms with Crippen molar-refractivity contribution in [1.29, 1.82) is 0 Å². The van der Waals surface area contributed by atoms with E-state index in [9.17, 15) is 14.4 Å². The first-order valence-electron chi connectivity index (χ1n) is 9.61. The number of benzene rings is 4. The van der Waals surface area contributed by atoms with Gasteiger partial charge in [0.15, 0.2) is 0 Å². The van der Waals surface area contributed by atoms with Gasteiger partial charge >= 0.3 is 0 Å². The SMILES string of the molecule is O=C(Nc1cccc2c1C(=O)N(c1ccccc1)C2=O)c1cccc2c(Cl)cccc12. The van der Waals surface area contributed by atoms with Crippen molar-refractivity contribution >= 4 is 51.5 Å². The summed E-state index contributed by atoms with van der Waals surface area (Å²) in [4.78, 5) is 40.3. The fourth-order valence-corrected chi connectivity index (χ4v) is 4.10. The van der Waals surface area contributed by atoms with E-state index in [1.807, 2.05) is 18.2 Å². The van der Waals surface area contributed by atoms with Gasteiger partial charge in [0.25, 0.3) is 17.7 Å². The number of anilines is 2. The number of amides is 3. The number of imide groups is 1. The predicted molar refractivity (Wildman–Crippen MR) is 121 cm³/mol. The zero-order chi connectivity index (χ0) is 21.5. The van der Waals surface area contributed by atoms with Gasteiger partial charge in [-0.2, -0.15) is 0 Å². The first kappa shape index (κ1) is 19.0. The van der Waals surface area contributed by atoms with Gasteiger partial charge in [-0.3, -0.25) is 14.4 Å². The molecule has 0 unspecified atom stereocenters. The molecule has 1 N–H and O–H groups in total. The molecule has 6 heteroatoms. The van der Waals surface area contributed by atoms with E-state index in [1.165, 1.54) is 0 Å². The van der Waals surface area contributed by atoms with Gasteiger partial charge in [0.05, 0.1) is 22.5 Å². The number of nitrogens with one attached hydrogen (secondary N) is 1. The summed E-state index contributed by atoms with van der Waals surface area (Å²) in [5, 5.41) is 4.82. The average Bonchev–Trinajstić information content (AvgIpc) is 3.05. The molecule has 0 fully saturated rings. The van der Waals surface area contributed by atoms with Crippen LogP contribution in [0, 0.1) is 0 Å². The molecule has 4 aromatic rings. The van der Waals surface area contributed by atoms with Gasteiger partial charge in [-0.15, -0.1) is 0 Å². The van der Waals surface area contributed by atoms with E-state index in [0.717, 1.165) is 10.3 Å². The van der Waals surface area contributed by atoms with E-state index >= 15 is 0 Å². The number of halogens is 1. The van der Waals surface area contributed by atoms with Crippen LogP contribution in [0.15, 0.2) is 84.9 Å². The van der Waals surface area contributed by atoms with Crippen LogP contribution in [0.4, 0.5) is 11.4 Å². The second-order valence-corrected chi connectivity index (χ2v) is 7.51. The Morgan fingerprint density at radius 3 is 2.26 bits per heavy atom. The normalized spacial score (nSPS) is 12.9. The Kier molecular flexibility index (Phi) is 4.53. The maximum Gasteiger partial charge on any atom is 0.268 e. The molecule has 0 atom stereocenters. The Bertz CT molecular complexity index is 1380. The summed E-state index contributed by atoms with van der Waals surface area (Å²) in [5.41, 5.74) is 1.64. The lowest BCUT2D eigenvalue weighted by atomic mass is 10.0. The van der Waals surface area contributed by atoms with Crippen LogP contribution in [0.5, 0.6) is 0 Å². The predicted octanol–water partition coefficient (Wildman–Crippen LogP) is 5.55. The first-order valence-corrected chi connectivity index (χ1v) is 9.99.